The zero-order valence-corrected chi connectivity index (χ0v) is 16.1. The number of piperazine rings is 1. The average Bonchev–Trinajstić information content (AvgIpc) is 3.29. The van der Waals surface area contributed by atoms with Crippen molar-refractivity contribution in [3.63, 3.8) is 0 Å². The van der Waals surface area contributed by atoms with Crippen LogP contribution in [0.1, 0.15) is 6.42 Å². The van der Waals surface area contributed by atoms with Crippen LogP contribution < -0.4 is 10.6 Å². The quantitative estimate of drug-likeness (QED) is 0.546. The molecule has 29 heavy (non-hydrogen) atoms. The first-order chi connectivity index (χ1) is 14.2. The molecule has 5 rings (SSSR count). The molecule has 1 aliphatic heterocycles. The van der Waals surface area contributed by atoms with Gasteiger partial charge in [-0.25, -0.2) is 9.18 Å². The molecule has 7 nitrogen and oxygen atoms in total. The zero-order chi connectivity index (χ0) is 19.8. The summed E-state index contributed by atoms with van der Waals surface area (Å²) < 4.78 is 15.2. The van der Waals surface area contributed by atoms with E-state index < -0.39 is 0 Å². The normalized spacial score (nSPS) is 15.6. The number of hydrogen-bond donors (Lipinski definition) is 2. The summed E-state index contributed by atoms with van der Waals surface area (Å²) >= 11 is 0. The van der Waals surface area contributed by atoms with Gasteiger partial charge in [0.1, 0.15) is 5.82 Å². The molecule has 0 radical (unpaired) electrons. The van der Waals surface area contributed by atoms with E-state index in [-0.39, 0.29) is 11.5 Å². The van der Waals surface area contributed by atoms with E-state index in [9.17, 15) is 9.18 Å². The summed E-state index contributed by atoms with van der Waals surface area (Å²) in [5.41, 5.74) is 2.53. The largest absolute Gasteiger partial charge is 0.352 e. The number of H-pyrrole nitrogens is 2. The summed E-state index contributed by atoms with van der Waals surface area (Å²) in [4.78, 5) is 19.8. The Morgan fingerprint density at radius 2 is 1.83 bits per heavy atom. The molecule has 0 saturated carbocycles. The van der Waals surface area contributed by atoms with Gasteiger partial charge in [-0.3, -0.25) is 14.6 Å². The Bertz CT molecular complexity index is 1200. The molecular formula is C21H23FN6O. The van der Waals surface area contributed by atoms with Crippen molar-refractivity contribution < 1.29 is 4.39 Å². The van der Waals surface area contributed by atoms with Crippen LogP contribution in [0.3, 0.4) is 0 Å². The summed E-state index contributed by atoms with van der Waals surface area (Å²) in [7, 11) is 0. The molecule has 0 unspecified atom stereocenters. The van der Waals surface area contributed by atoms with Gasteiger partial charge in [-0.1, -0.05) is 12.1 Å². The van der Waals surface area contributed by atoms with Gasteiger partial charge in [-0.2, -0.15) is 5.10 Å². The number of imidazole rings is 1. The number of benzene rings is 2. The second-order valence-corrected chi connectivity index (χ2v) is 7.52. The van der Waals surface area contributed by atoms with Crippen LogP contribution in [0.15, 0.2) is 47.3 Å². The molecule has 1 saturated heterocycles. The zero-order valence-electron chi connectivity index (χ0n) is 16.1. The van der Waals surface area contributed by atoms with E-state index in [1.165, 1.54) is 12.1 Å². The second-order valence-electron chi connectivity index (χ2n) is 7.52. The predicted molar refractivity (Wildman–Crippen MR) is 112 cm³/mol. The smallest absolute Gasteiger partial charge is 0.326 e. The van der Waals surface area contributed by atoms with Gasteiger partial charge in [0.15, 0.2) is 5.82 Å². The highest BCUT2D eigenvalue weighted by Gasteiger charge is 2.20. The van der Waals surface area contributed by atoms with Crippen LogP contribution in [0.2, 0.25) is 0 Å². The number of nitrogens with one attached hydrogen (secondary N) is 2. The molecule has 0 amide bonds. The number of aromatic amines is 2. The summed E-state index contributed by atoms with van der Waals surface area (Å²) in [6.45, 7) is 5.30. The molecule has 2 aromatic carbocycles. The molecule has 0 atom stereocenters. The van der Waals surface area contributed by atoms with Gasteiger partial charge in [-0.05, 0) is 43.3 Å². The Hall–Kier alpha value is -3.13. The Kier molecular flexibility index (Phi) is 4.55. The highest BCUT2D eigenvalue weighted by molar-refractivity contribution is 5.90. The second kappa shape index (κ2) is 7.36. The van der Waals surface area contributed by atoms with E-state index in [2.05, 4.69) is 25.0 Å². The van der Waals surface area contributed by atoms with Gasteiger partial charge in [0.2, 0.25) is 0 Å². The number of halogens is 1. The Labute approximate surface area is 166 Å². The summed E-state index contributed by atoms with van der Waals surface area (Å²) in [5, 5.41) is 8.28. The molecule has 8 heteroatoms. The van der Waals surface area contributed by atoms with Crippen molar-refractivity contribution in [3.05, 3.63) is 58.8 Å². The van der Waals surface area contributed by atoms with Gasteiger partial charge in [0.05, 0.1) is 16.6 Å². The fourth-order valence-electron chi connectivity index (χ4n) is 4.18. The first-order valence-corrected chi connectivity index (χ1v) is 9.97. The summed E-state index contributed by atoms with van der Waals surface area (Å²) in [6, 6.07) is 12.5. The SMILES string of the molecule is O=c1[nH]c2ccccc2n1CCCN1CCN(c2n[nH]c3cc(F)ccc23)CC1. The van der Waals surface area contributed by atoms with Crippen LogP contribution in [0.25, 0.3) is 21.9 Å². The Morgan fingerprint density at radius 1 is 1.00 bits per heavy atom. The van der Waals surface area contributed by atoms with E-state index in [0.717, 1.165) is 66.9 Å². The lowest BCUT2D eigenvalue weighted by atomic mass is 10.2. The Balaban J connectivity index is 1.18. The first kappa shape index (κ1) is 17.9. The number of aryl methyl sites for hydroxylation is 1. The van der Waals surface area contributed by atoms with Gasteiger partial charge in [0.25, 0.3) is 0 Å². The van der Waals surface area contributed by atoms with E-state index >= 15 is 0 Å². The lowest BCUT2D eigenvalue weighted by Crippen LogP contribution is -2.47. The van der Waals surface area contributed by atoms with Gasteiger partial charge < -0.3 is 9.88 Å². The molecule has 0 aliphatic carbocycles. The minimum atomic E-state index is -0.258. The van der Waals surface area contributed by atoms with E-state index in [1.54, 1.807) is 6.07 Å². The van der Waals surface area contributed by atoms with Gasteiger partial charge in [-0.15, -0.1) is 0 Å². The molecular weight excluding hydrogens is 371 g/mol. The highest BCUT2D eigenvalue weighted by Crippen LogP contribution is 2.25. The van der Waals surface area contributed by atoms with Crippen LogP contribution in [-0.4, -0.2) is 57.4 Å². The molecule has 0 spiro atoms. The van der Waals surface area contributed by atoms with Crippen LogP contribution >= 0.6 is 0 Å². The third kappa shape index (κ3) is 3.40. The van der Waals surface area contributed by atoms with E-state index in [0.29, 0.717) is 6.54 Å². The highest BCUT2D eigenvalue weighted by atomic mass is 19.1. The standard InChI is InChI=1S/C21H23FN6O/c22-15-6-7-16-18(14-15)24-25-20(16)27-12-10-26(11-13-27)8-3-9-28-19-5-2-1-4-17(19)23-21(28)29/h1-2,4-7,14H,3,8-13H2,(H,23,29)(H,24,25). The van der Waals surface area contributed by atoms with Crippen molar-refractivity contribution in [3.8, 4) is 0 Å². The molecule has 0 bridgehead atoms. The van der Waals surface area contributed by atoms with Crippen LogP contribution in [0.4, 0.5) is 10.2 Å². The maximum absolute atomic E-state index is 13.4. The van der Waals surface area contributed by atoms with E-state index in [4.69, 9.17) is 0 Å². The van der Waals surface area contributed by atoms with Crippen LogP contribution in [0.5, 0.6) is 0 Å². The van der Waals surface area contributed by atoms with Crippen molar-refractivity contribution in [2.45, 2.75) is 13.0 Å². The Morgan fingerprint density at radius 3 is 2.69 bits per heavy atom. The van der Waals surface area contributed by atoms with Crippen LogP contribution in [0, 0.1) is 5.82 Å². The third-order valence-corrected chi connectivity index (χ3v) is 5.71. The average molecular weight is 394 g/mol. The summed E-state index contributed by atoms with van der Waals surface area (Å²) in [5.74, 6) is 0.636. The molecule has 1 fully saturated rings. The number of aromatic nitrogens is 4. The number of anilines is 1. The van der Waals surface area contributed by atoms with Crippen molar-refractivity contribution in [1.29, 1.82) is 0 Å². The first-order valence-electron chi connectivity index (χ1n) is 9.97. The number of nitrogens with zero attached hydrogens (tertiary/aromatic N) is 4. The molecule has 1 aliphatic rings. The number of para-hydroxylation sites is 2. The predicted octanol–water partition coefficient (Wildman–Crippen LogP) is 2.56. The van der Waals surface area contributed by atoms with Crippen molar-refractivity contribution >= 4 is 27.8 Å². The molecule has 4 aromatic rings. The fourth-order valence-corrected chi connectivity index (χ4v) is 4.18. The monoisotopic (exact) mass is 394 g/mol. The van der Waals surface area contributed by atoms with Gasteiger partial charge >= 0.3 is 5.69 Å². The molecule has 2 N–H and O–H groups in total. The number of rotatable bonds is 5. The summed E-state index contributed by atoms with van der Waals surface area (Å²) in [6.07, 6.45) is 0.923. The lowest BCUT2D eigenvalue weighted by Gasteiger charge is -2.35. The van der Waals surface area contributed by atoms with Crippen molar-refractivity contribution in [2.75, 3.05) is 37.6 Å². The van der Waals surface area contributed by atoms with Crippen molar-refractivity contribution in [2.24, 2.45) is 0 Å². The topological polar surface area (TPSA) is 73.0 Å². The van der Waals surface area contributed by atoms with Crippen molar-refractivity contribution in [1.82, 2.24) is 24.6 Å². The minimum absolute atomic E-state index is 0.0436. The van der Waals surface area contributed by atoms with E-state index in [1.807, 2.05) is 28.8 Å². The maximum Gasteiger partial charge on any atom is 0.326 e. The minimum Gasteiger partial charge on any atom is -0.352 e. The number of hydrogen-bond acceptors (Lipinski definition) is 4. The van der Waals surface area contributed by atoms with Crippen LogP contribution in [-0.2, 0) is 6.54 Å². The molecule has 150 valence electrons. The molecule has 3 heterocycles. The fraction of sp³-hybridized carbons (Fsp3) is 0.333. The molecule has 2 aromatic heterocycles. The maximum atomic E-state index is 13.4. The van der Waals surface area contributed by atoms with Gasteiger partial charge in [0, 0.05) is 38.1 Å². The number of fused-ring (bicyclic) bond motifs is 2. The lowest BCUT2D eigenvalue weighted by molar-refractivity contribution is 0.250. The third-order valence-electron chi connectivity index (χ3n) is 5.71.